The summed E-state index contributed by atoms with van der Waals surface area (Å²) in [6.45, 7) is 4.09. The van der Waals surface area contributed by atoms with E-state index < -0.39 is 0 Å². The van der Waals surface area contributed by atoms with Gasteiger partial charge in [-0.15, -0.1) is 0 Å². The topological polar surface area (TPSA) is 54.7 Å². The van der Waals surface area contributed by atoms with E-state index in [4.69, 9.17) is 5.73 Å². The molecule has 0 aliphatic heterocycles. The standard InChI is InChI=1S/C13H17N3/c1-9-3-5-11(6-4-9)12-8-15-16-13(12)7-10(2)14/h3-6,8,10H,7,14H2,1-2H3,(H,15,16). The number of hydrogen-bond acceptors (Lipinski definition) is 2. The highest BCUT2D eigenvalue weighted by Gasteiger charge is 2.08. The number of aromatic nitrogens is 2. The van der Waals surface area contributed by atoms with Crippen LogP contribution in [0, 0.1) is 6.92 Å². The lowest BCUT2D eigenvalue weighted by molar-refractivity contribution is 0.720. The van der Waals surface area contributed by atoms with E-state index in [9.17, 15) is 0 Å². The summed E-state index contributed by atoms with van der Waals surface area (Å²) < 4.78 is 0. The Kier molecular flexibility index (Phi) is 3.06. The van der Waals surface area contributed by atoms with Crippen LogP contribution in [0.2, 0.25) is 0 Å². The molecule has 0 fully saturated rings. The number of nitrogens with two attached hydrogens (primary N) is 1. The molecule has 0 aliphatic rings. The number of nitrogens with zero attached hydrogens (tertiary/aromatic N) is 1. The second kappa shape index (κ2) is 4.49. The van der Waals surface area contributed by atoms with Gasteiger partial charge < -0.3 is 5.73 Å². The second-order valence-corrected chi connectivity index (χ2v) is 4.31. The minimum Gasteiger partial charge on any atom is -0.328 e. The molecule has 0 spiro atoms. The Bertz CT molecular complexity index is 454. The van der Waals surface area contributed by atoms with Crippen molar-refractivity contribution in [3.63, 3.8) is 0 Å². The van der Waals surface area contributed by atoms with Crippen molar-refractivity contribution in [1.82, 2.24) is 10.2 Å². The number of benzene rings is 1. The largest absolute Gasteiger partial charge is 0.328 e. The van der Waals surface area contributed by atoms with Gasteiger partial charge in [-0.3, -0.25) is 5.10 Å². The second-order valence-electron chi connectivity index (χ2n) is 4.31. The Labute approximate surface area is 95.7 Å². The molecule has 84 valence electrons. The summed E-state index contributed by atoms with van der Waals surface area (Å²) in [5, 5.41) is 7.11. The summed E-state index contributed by atoms with van der Waals surface area (Å²) in [4.78, 5) is 0. The number of hydrogen-bond donors (Lipinski definition) is 2. The normalized spacial score (nSPS) is 12.7. The Morgan fingerprint density at radius 1 is 1.31 bits per heavy atom. The fraction of sp³-hybridized carbons (Fsp3) is 0.308. The molecule has 0 aliphatic carbocycles. The van der Waals surface area contributed by atoms with Crippen LogP contribution in [0.3, 0.4) is 0 Å². The zero-order valence-electron chi connectivity index (χ0n) is 9.70. The van der Waals surface area contributed by atoms with Gasteiger partial charge in [0.15, 0.2) is 0 Å². The first-order valence-corrected chi connectivity index (χ1v) is 5.51. The van der Waals surface area contributed by atoms with Gasteiger partial charge in [-0.1, -0.05) is 29.8 Å². The molecule has 16 heavy (non-hydrogen) atoms. The molecule has 1 atom stereocenters. The van der Waals surface area contributed by atoms with Crippen LogP contribution in [0.15, 0.2) is 30.5 Å². The Hall–Kier alpha value is -1.61. The smallest absolute Gasteiger partial charge is 0.0568 e. The van der Waals surface area contributed by atoms with E-state index in [1.54, 1.807) is 0 Å². The van der Waals surface area contributed by atoms with E-state index in [0.717, 1.165) is 17.7 Å². The van der Waals surface area contributed by atoms with Crippen molar-refractivity contribution in [1.29, 1.82) is 0 Å². The number of aryl methyl sites for hydroxylation is 1. The zero-order valence-corrected chi connectivity index (χ0v) is 9.70. The van der Waals surface area contributed by atoms with E-state index >= 15 is 0 Å². The molecule has 3 heteroatoms. The molecule has 2 aromatic rings. The maximum atomic E-state index is 5.81. The molecule has 1 heterocycles. The molecule has 3 nitrogen and oxygen atoms in total. The molecule has 3 N–H and O–H groups in total. The van der Waals surface area contributed by atoms with Crippen LogP contribution >= 0.6 is 0 Å². The van der Waals surface area contributed by atoms with Crippen molar-refractivity contribution in [2.24, 2.45) is 5.73 Å². The summed E-state index contributed by atoms with van der Waals surface area (Å²) in [6, 6.07) is 8.59. The average molecular weight is 215 g/mol. The van der Waals surface area contributed by atoms with Gasteiger partial charge in [0.05, 0.1) is 6.20 Å². The van der Waals surface area contributed by atoms with Gasteiger partial charge >= 0.3 is 0 Å². The third-order valence-electron chi connectivity index (χ3n) is 2.61. The van der Waals surface area contributed by atoms with Crippen molar-refractivity contribution in [3.05, 3.63) is 41.7 Å². The third-order valence-corrected chi connectivity index (χ3v) is 2.61. The summed E-state index contributed by atoms with van der Waals surface area (Å²) in [5.74, 6) is 0. The molecule has 1 unspecified atom stereocenters. The Morgan fingerprint density at radius 3 is 2.62 bits per heavy atom. The van der Waals surface area contributed by atoms with Crippen LogP contribution in [-0.4, -0.2) is 16.2 Å². The summed E-state index contributed by atoms with van der Waals surface area (Å²) in [7, 11) is 0. The molecule has 1 aromatic carbocycles. The minimum absolute atomic E-state index is 0.143. The van der Waals surface area contributed by atoms with Crippen LogP contribution in [0.1, 0.15) is 18.2 Å². The van der Waals surface area contributed by atoms with Gasteiger partial charge in [0.25, 0.3) is 0 Å². The summed E-state index contributed by atoms with van der Waals surface area (Å²) in [6.07, 6.45) is 2.69. The maximum absolute atomic E-state index is 5.81. The van der Waals surface area contributed by atoms with Crippen LogP contribution < -0.4 is 5.73 Å². The highest BCUT2D eigenvalue weighted by atomic mass is 15.1. The number of H-pyrrole nitrogens is 1. The van der Waals surface area contributed by atoms with Crippen LogP contribution in [0.4, 0.5) is 0 Å². The molecular formula is C13H17N3. The highest BCUT2D eigenvalue weighted by Crippen LogP contribution is 2.22. The van der Waals surface area contributed by atoms with Crippen molar-refractivity contribution in [3.8, 4) is 11.1 Å². The number of rotatable bonds is 3. The van der Waals surface area contributed by atoms with Crippen LogP contribution in [0.5, 0.6) is 0 Å². The average Bonchev–Trinajstić information content (AvgIpc) is 2.66. The summed E-state index contributed by atoms with van der Waals surface area (Å²) in [5.41, 5.74) is 10.5. The van der Waals surface area contributed by atoms with Gasteiger partial charge in [0.2, 0.25) is 0 Å². The minimum atomic E-state index is 0.143. The van der Waals surface area contributed by atoms with E-state index in [-0.39, 0.29) is 6.04 Å². The van der Waals surface area contributed by atoms with E-state index in [1.807, 2.05) is 13.1 Å². The van der Waals surface area contributed by atoms with Crippen molar-refractivity contribution < 1.29 is 0 Å². The first kappa shape index (κ1) is 10.9. The number of aromatic amines is 1. The van der Waals surface area contributed by atoms with E-state index in [2.05, 4.69) is 41.4 Å². The number of nitrogens with one attached hydrogen (secondary N) is 1. The van der Waals surface area contributed by atoms with Crippen molar-refractivity contribution in [2.45, 2.75) is 26.3 Å². The molecule has 0 bridgehead atoms. The first-order chi connectivity index (χ1) is 7.66. The molecule has 0 saturated carbocycles. The molecule has 0 saturated heterocycles. The fourth-order valence-electron chi connectivity index (χ4n) is 1.77. The Morgan fingerprint density at radius 2 is 2.00 bits per heavy atom. The van der Waals surface area contributed by atoms with E-state index in [1.165, 1.54) is 11.1 Å². The summed E-state index contributed by atoms with van der Waals surface area (Å²) >= 11 is 0. The highest BCUT2D eigenvalue weighted by molar-refractivity contribution is 5.65. The molecule has 0 amide bonds. The lowest BCUT2D eigenvalue weighted by atomic mass is 10.0. The third kappa shape index (κ3) is 2.31. The van der Waals surface area contributed by atoms with Gasteiger partial charge in [-0.05, 0) is 19.4 Å². The molecular weight excluding hydrogens is 198 g/mol. The quantitative estimate of drug-likeness (QED) is 0.825. The van der Waals surface area contributed by atoms with Gasteiger partial charge in [-0.2, -0.15) is 5.10 Å². The first-order valence-electron chi connectivity index (χ1n) is 5.51. The maximum Gasteiger partial charge on any atom is 0.0568 e. The van der Waals surface area contributed by atoms with Crippen molar-refractivity contribution in [2.75, 3.05) is 0 Å². The predicted octanol–water partition coefficient (Wildman–Crippen LogP) is 2.27. The SMILES string of the molecule is Cc1ccc(-c2cn[nH]c2CC(C)N)cc1. The van der Waals surface area contributed by atoms with Gasteiger partial charge in [0, 0.05) is 23.7 Å². The van der Waals surface area contributed by atoms with Gasteiger partial charge in [-0.25, -0.2) is 0 Å². The zero-order chi connectivity index (χ0) is 11.5. The Balaban J connectivity index is 2.33. The molecule has 1 aromatic heterocycles. The van der Waals surface area contributed by atoms with E-state index in [0.29, 0.717) is 0 Å². The van der Waals surface area contributed by atoms with Gasteiger partial charge in [0.1, 0.15) is 0 Å². The molecule has 2 rings (SSSR count). The monoisotopic (exact) mass is 215 g/mol. The van der Waals surface area contributed by atoms with Crippen LogP contribution in [0.25, 0.3) is 11.1 Å². The van der Waals surface area contributed by atoms with Crippen LogP contribution in [-0.2, 0) is 6.42 Å². The lowest BCUT2D eigenvalue weighted by Crippen LogP contribution is -2.18. The van der Waals surface area contributed by atoms with Crippen molar-refractivity contribution >= 4 is 0 Å². The predicted molar refractivity (Wildman–Crippen MR) is 66.1 cm³/mol. The lowest BCUT2D eigenvalue weighted by Gasteiger charge is -2.06. The molecule has 0 radical (unpaired) electrons. The fourth-order valence-corrected chi connectivity index (χ4v) is 1.77.